The van der Waals surface area contributed by atoms with Gasteiger partial charge >= 0.3 is 0 Å². The molecule has 1 fully saturated rings. The smallest absolute Gasteiger partial charge is 0.290 e. The van der Waals surface area contributed by atoms with Crippen LogP contribution in [0.25, 0.3) is 0 Å². The third-order valence-electron chi connectivity index (χ3n) is 4.40. The molecule has 0 N–H and O–H groups in total. The maximum atomic E-state index is 12.9. The minimum Gasteiger partial charge on any atom is -0.337 e. The van der Waals surface area contributed by atoms with Crippen molar-refractivity contribution < 1.29 is 13.6 Å². The van der Waals surface area contributed by atoms with E-state index in [2.05, 4.69) is 9.88 Å². The minimum absolute atomic E-state index is 0.0831. The largest absolute Gasteiger partial charge is 0.337 e. The summed E-state index contributed by atoms with van der Waals surface area (Å²) in [5.41, 5.74) is 1.41. The summed E-state index contributed by atoms with van der Waals surface area (Å²) in [4.78, 5) is 20.8. The molecule has 0 aliphatic carbocycles. The highest BCUT2D eigenvalue weighted by Crippen LogP contribution is 2.27. The lowest BCUT2D eigenvalue weighted by Gasteiger charge is -2.22. The Balaban J connectivity index is 1.64. The summed E-state index contributed by atoms with van der Waals surface area (Å²) in [5.74, 6) is -2.84. The third-order valence-corrected chi connectivity index (χ3v) is 5.38. The summed E-state index contributed by atoms with van der Waals surface area (Å²) in [7, 11) is 0. The maximum absolute atomic E-state index is 12.9. The summed E-state index contributed by atoms with van der Waals surface area (Å²) in [5, 5.41) is 0.792. The van der Waals surface area contributed by atoms with Crippen LogP contribution >= 0.6 is 23.4 Å². The van der Waals surface area contributed by atoms with Crippen LogP contribution in [-0.4, -0.2) is 52.6 Å². The van der Waals surface area contributed by atoms with Crippen molar-refractivity contribution in [2.24, 2.45) is 0 Å². The highest BCUT2D eigenvalue weighted by Gasteiger charge is 2.24. The van der Waals surface area contributed by atoms with Crippen molar-refractivity contribution in [2.75, 3.05) is 26.2 Å². The second-order valence-electron chi connectivity index (χ2n) is 6.28. The number of aromatic nitrogens is 1. The summed E-state index contributed by atoms with van der Waals surface area (Å²) in [6.45, 7) is 3.55. The lowest BCUT2D eigenvalue weighted by molar-refractivity contribution is 0.0756. The first-order chi connectivity index (χ1) is 13.0. The van der Waals surface area contributed by atoms with E-state index in [1.54, 1.807) is 17.0 Å². The average Bonchev–Trinajstić information content (AvgIpc) is 2.89. The number of halogens is 3. The van der Waals surface area contributed by atoms with E-state index >= 15 is 0 Å². The summed E-state index contributed by atoms with van der Waals surface area (Å²) >= 11 is 6.24. The second-order valence-corrected chi connectivity index (χ2v) is 7.70. The molecule has 144 valence electrons. The Labute approximate surface area is 166 Å². The minimum atomic E-state index is -2.61. The van der Waals surface area contributed by atoms with Gasteiger partial charge in [0.2, 0.25) is 0 Å². The van der Waals surface area contributed by atoms with Gasteiger partial charge in [0, 0.05) is 43.9 Å². The van der Waals surface area contributed by atoms with Crippen LogP contribution in [-0.2, 0) is 6.54 Å². The zero-order chi connectivity index (χ0) is 19.2. The number of carbonyl (C=O) groups excluding carboxylic acids is 1. The number of benzene rings is 1. The van der Waals surface area contributed by atoms with Gasteiger partial charge in [-0.05, 0) is 48.0 Å². The summed E-state index contributed by atoms with van der Waals surface area (Å²) in [6, 6.07) is 10.9. The molecule has 0 bridgehead atoms. The molecule has 0 spiro atoms. The van der Waals surface area contributed by atoms with Gasteiger partial charge in [-0.2, -0.15) is 8.78 Å². The molecule has 1 amide bonds. The fraction of sp³-hybridized carbons (Fsp3) is 0.368. The summed E-state index contributed by atoms with van der Waals surface area (Å²) in [6.07, 6.45) is 2.26. The Morgan fingerprint density at radius 2 is 1.93 bits per heavy atom. The molecule has 2 aromatic rings. The molecule has 3 rings (SSSR count). The monoisotopic (exact) mass is 411 g/mol. The van der Waals surface area contributed by atoms with Gasteiger partial charge in [0.05, 0.1) is 5.56 Å². The summed E-state index contributed by atoms with van der Waals surface area (Å²) < 4.78 is 25.5. The first-order valence-electron chi connectivity index (χ1n) is 8.69. The van der Waals surface area contributed by atoms with E-state index in [1.165, 1.54) is 11.8 Å². The number of thioether (sulfide) groups is 1. The second kappa shape index (κ2) is 9.48. The fourth-order valence-electron chi connectivity index (χ4n) is 3.08. The molecule has 1 aromatic carbocycles. The Hall–Kier alpha value is -1.70. The number of hydrogen-bond acceptors (Lipinski definition) is 4. The van der Waals surface area contributed by atoms with Crippen molar-refractivity contribution in [3.63, 3.8) is 0 Å². The average molecular weight is 412 g/mol. The molecule has 0 atom stereocenters. The predicted octanol–water partition coefficient (Wildman–Crippen LogP) is 4.40. The van der Waals surface area contributed by atoms with Gasteiger partial charge in [0.15, 0.2) is 0 Å². The molecule has 4 nitrogen and oxygen atoms in total. The molecule has 0 radical (unpaired) electrons. The normalized spacial score (nSPS) is 15.8. The van der Waals surface area contributed by atoms with Crippen LogP contribution in [0.3, 0.4) is 0 Å². The maximum Gasteiger partial charge on any atom is 0.290 e. The quantitative estimate of drug-likeness (QED) is 0.683. The van der Waals surface area contributed by atoms with Gasteiger partial charge in [0.25, 0.3) is 11.7 Å². The molecule has 1 aliphatic heterocycles. The van der Waals surface area contributed by atoms with E-state index in [4.69, 9.17) is 11.6 Å². The Kier molecular flexibility index (Phi) is 7.04. The number of carbonyl (C=O) groups is 1. The van der Waals surface area contributed by atoms with Gasteiger partial charge < -0.3 is 4.90 Å². The molecular weight excluding hydrogens is 392 g/mol. The van der Waals surface area contributed by atoms with Crippen LogP contribution in [0.4, 0.5) is 8.78 Å². The van der Waals surface area contributed by atoms with Crippen molar-refractivity contribution >= 4 is 29.3 Å². The molecule has 1 aromatic heterocycles. The Morgan fingerprint density at radius 1 is 1.15 bits per heavy atom. The van der Waals surface area contributed by atoms with E-state index in [9.17, 15) is 13.6 Å². The standard InChI is InChI=1S/C19H20ClF2N3OS/c20-15-6-4-14(5-7-15)13-24-9-2-10-25(12-11-24)18(26)16-3-1-8-23-17(16)27-19(21)22/h1,3-8,19H,2,9-13H2. The Morgan fingerprint density at radius 3 is 2.67 bits per heavy atom. The van der Waals surface area contributed by atoms with Crippen LogP contribution in [0, 0.1) is 0 Å². The molecule has 27 heavy (non-hydrogen) atoms. The van der Waals surface area contributed by atoms with Crippen molar-refractivity contribution in [3.8, 4) is 0 Å². The van der Waals surface area contributed by atoms with E-state index in [-0.39, 0.29) is 16.5 Å². The topological polar surface area (TPSA) is 36.4 Å². The number of rotatable bonds is 5. The van der Waals surface area contributed by atoms with Crippen LogP contribution in [0.1, 0.15) is 22.3 Å². The van der Waals surface area contributed by atoms with Crippen molar-refractivity contribution in [2.45, 2.75) is 23.7 Å². The number of hydrogen-bond donors (Lipinski definition) is 0. The van der Waals surface area contributed by atoms with Gasteiger partial charge in [-0.3, -0.25) is 9.69 Å². The lowest BCUT2D eigenvalue weighted by Crippen LogP contribution is -2.35. The molecule has 0 saturated carbocycles. The molecule has 0 unspecified atom stereocenters. The molecule has 1 saturated heterocycles. The van der Waals surface area contributed by atoms with Gasteiger partial charge in [-0.25, -0.2) is 4.98 Å². The van der Waals surface area contributed by atoms with Crippen LogP contribution in [0.2, 0.25) is 5.02 Å². The SMILES string of the molecule is O=C(c1cccnc1SC(F)F)N1CCCN(Cc2ccc(Cl)cc2)CC1. The van der Waals surface area contributed by atoms with Crippen LogP contribution < -0.4 is 0 Å². The number of pyridine rings is 1. The first kappa shape index (κ1) is 20.0. The van der Waals surface area contributed by atoms with Crippen LogP contribution in [0.5, 0.6) is 0 Å². The van der Waals surface area contributed by atoms with E-state index < -0.39 is 5.76 Å². The predicted molar refractivity (Wildman–Crippen MR) is 103 cm³/mol. The lowest BCUT2D eigenvalue weighted by atomic mass is 10.2. The number of alkyl halides is 2. The van der Waals surface area contributed by atoms with Crippen molar-refractivity contribution in [1.82, 2.24) is 14.8 Å². The number of amides is 1. The highest BCUT2D eigenvalue weighted by molar-refractivity contribution is 7.99. The van der Waals surface area contributed by atoms with Crippen LogP contribution in [0.15, 0.2) is 47.6 Å². The molecular formula is C19H20ClF2N3OS. The zero-order valence-electron chi connectivity index (χ0n) is 14.7. The van der Waals surface area contributed by atoms with Gasteiger partial charge in [-0.1, -0.05) is 23.7 Å². The van der Waals surface area contributed by atoms with E-state index in [0.29, 0.717) is 29.9 Å². The number of nitrogens with zero attached hydrogens (tertiary/aromatic N) is 3. The molecule has 8 heteroatoms. The van der Waals surface area contributed by atoms with Crippen molar-refractivity contribution in [3.05, 3.63) is 58.7 Å². The highest BCUT2D eigenvalue weighted by atomic mass is 35.5. The van der Waals surface area contributed by atoms with Gasteiger partial charge in [0.1, 0.15) is 5.03 Å². The van der Waals surface area contributed by atoms with E-state index in [1.807, 2.05) is 24.3 Å². The zero-order valence-corrected chi connectivity index (χ0v) is 16.2. The fourth-order valence-corrected chi connectivity index (χ4v) is 3.78. The first-order valence-corrected chi connectivity index (χ1v) is 9.94. The van der Waals surface area contributed by atoms with E-state index in [0.717, 1.165) is 26.1 Å². The molecule has 2 heterocycles. The Bertz CT molecular complexity index is 776. The third kappa shape index (κ3) is 5.64. The van der Waals surface area contributed by atoms with Gasteiger partial charge in [-0.15, -0.1) is 0 Å². The molecule has 1 aliphatic rings. The van der Waals surface area contributed by atoms with Crippen molar-refractivity contribution in [1.29, 1.82) is 0 Å².